The predicted molar refractivity (Wildman–Crippen MR) is 86.3 cm³/mol. The van der Waals surface area contributed by atoms with Crippen LogP contribution in [0.25, 0.3) is 0 Å². The van der Waals surface area contributed by atoms with Crippen LogP contribution in [0.1, 0.15) is 37.4 Å². The molecule has 2 aromatic rings. The van der Waals surface area contributed by atoms with E-state index < -0.39 is 0 Å². The van der Waals surface area contributed by atoms with Crippen LogP contribution in [0.2, 0.25) is 0 Å². The van der Waals surface area contributed by atoms with E-state index in [1.165, 1.54) is 12.8 Å². The van der Waals surface area contributed by atoms with Crippen molar-refractivity contribution in [2.45, 2.75) is 39.7 Å². The van der Waals surface area contributed by atoms with Gasteiger partial charge in [-0.1, -0.05) is 25.8 Å². The minimum atomic E-state index is 0.650. The van der Waals surface area contributed by atoms with Gasteiger partial charge in [-0.25, -0.2) is 4.98 Å². The molecule has 0 fully saturated rings. The van der Waals surface area contributed by atoms with Crippen molar-refractivity contribution in [1.29, 1.82) is 0 Å². The number of pyridine rings is 1. The van der Waals surface area contributed by atoms with Gasteiger partial charge < -0.3 is 10.6 Å². The summed E-state index contributed by atoms with van der Waals surface area (Å²) in [6.07, 6.45) is 7.24. The molecule has 5 nitrogen and oxygen atoms in total. The second-order valence-electron chi connectivity index (χ2n) is 5.07. The quantitative estimate of drug-likeness (QED) is 0.728. The van der Waals surface area contributed by atoms with Gasteiger partial charge in [0.05, 0.1) is 0 Å². The molecule has 2 N–H and O–H groups in total. The van der Waals surface area contributed by atoms with E-state index >= 15 is 0 Å². The fourth-order valence-corrected chi connectivity index (χ4v) is 2.01. The number of hydrogen-bond donors (Lipinski definition) is 2. The van der Waals surface area contributed by atoms with Gasteiger partial charge >= 0.3 is 0 Å². The van der Waals surface area contributed by atoms with Crippen LogP contribution in [0, 0.1) is 6.92 Å². The third-order valence-corrected chi connectivity index (χ3v) is 3.11. The Morgan fingerprint density at radius 3 is 2.81 bits per heavy atom. The first-order chi connectivity index (χ1) is 10.3. The normalized spacial score (nSPS) is 10.4. The average molecular weight is 285 g/mol. The van der Waals surface area contributed by atoms with Crippen molar-refractivity contribution < 1.29 is 0 Å². The summed E-state index contributed by atoms with van der Waals surface area (Å²) in [6, 6.07) is 5.93. The zero-order valence-corrected chi connectivity index (χ0v) is 12.8. The van der Waals surface area contributed by atoms with Crippen LogP contribution in [0.3, 0.4) is 0 Å². The molecule has 0 aliphatic heterocycles. The maximum Gasteiger partial charge on any atom is 0.225 e. The Balaban J connectivity index is 1.91. The van der Waals surface area contributed by atoms with Crippen LogP contribution in [0.5, 0.6) is 0 Å². The number of nitrogens with zero attached hydrogens (tertiary/aromatic N) is 3. The highest BCUT2D eigenvalue weighted by Crippen LogP contribution is 2.11. The van der Waals surface area contributed by atoms with Gasteiger partial charge in [-0.05, 0) is 25.0 Å². The summed E-state index contributed by atoms with van der Waals surface area (Å²) < 4.78 is 0. The van der Waals surface area contributed by atoms with E-state index in [1.54, 1.807) is 6.20 Å². The van der Waals surface area contributed by atoms with E-state index in [0.717, 1.165) is 30.0 Å². The van der Waals surface area contributed by atoms with Crippen molar-refractivity contribution in [3.63, 3.8) is 0 Å². The molecule has 0 bridgehead atoms. The van der Waals surface area contributed by atoms with Crippen LogP contribution >= 0.6 is 0 Å². The standard InChI is InChI=1S/C16H23N5/c1-3-4-5-9-18-15-10-13(2)20-16(21-15)19-12-14-7-6-8-17-11-14/h6-8,10-11H,3-5,9,12H2,1-2H3,(H2,18,19,20,21). The molecule has 112 valence electrons. The van der Waals surface area contributed by atoms with Crippen molar-refractivity contribution in [3.05, 3.63) is 41.9 Å². The highest BCUT2D eigenvalue weighted by Gasteiger charge is 2.02. The summed E-state index contributed by atoms with van der Waals surface area (Å²) in [5.74, 6) is 1.53. The van der Waals surface area contributed by atoms with Crippen LogP contribution in [0.15, 0.2) is 30.6 Å². The fraction of sp³-hybridized carbons (Fsp3) is 0.438. The molecule has 0 unspecified atom stereocenters. The Hall–Kier alpha value is -2.17. The smallest absolute Gasteiger partial charge is 0.225 e. The molecule has 2 heterocycles. The summed E-state index contributed by atoms with van der Waals surface area (Å²) in [5.41, 5.74) is 2.07. The number of nitrogens with one attached hydrogen (secondary N) is 2. The topological polar surface area (TPSA) is 62.7 Å². The number of aromatic nitrogens is 3. The molecular formula is C16H23N5. The van der Waals surface area contributed by atoms with Gasteiger partial charge in [0.1, 0.15) is 5.82 Å². The maximum atomic E-state index is 4.49. The van der Waals surface area contributed by atoms with E-state index in [0.29, 0.717) is 12.5 Å². The summed E-state index contributed by atoms with van der Waals surface area (Å²) in [6.45, 7) is 5.81. The molecule has 0 aliphatic rings. The van der Waals surface area contributed by atoms with E-state index in [9.17, 15) is 0 Å². The second-order valence-corrected chi connectivity index (χ2v) is 5.07. The molecule has 5 heteroatoms. The van der Waals surface area contributed by atoms with Gasteiger partial charge in [0.15, 0.2) is 0 Å². The van der Waals surface area contributed by atoms with Gasteiger partial charge in [-0.15, -0.1) is 0 Å². The minimum absolute atomic E-state index is 0.650. The molecule has 2 rings (SSSR count). The first-order valence-electron chi connectivity index (χ1n) is 7.50. The highest BCUT2D eigenvalue weighted by molar-refractivity contribution is 5.42. The minimum Gasteiger partial charge on any atom is -0.370 e. The summed E-state index contributed by atoms with van der Waals surface area (Å²) >= 11 is 0. The monoisotopic (exact) mass is 285 g/mol. The lowest BCUT2D eigenvalue weighted by molar-refractivity contribution is 0.742. The van der Waals surface area contributed by atoms with Crippen molar-refractivity contribution in [3.8, 4) is 0 Å². The lowest BCUT2D eigenvalue weighted by Crippen LogP contribution is -2.09. The third kappa shape index (κ3) is 5.38. The average Bonchev–Trinajstić information content (AvgIpc) is 2.50. The maximum absolute atomic E-state index is 4.49. The molecular weight excluding hydrogens is 262 g/mol. The lowest BCUT2D eigenvalue weighted by atomic mass is 10.2. The number of hydrogen-bond acceptors (Lipinski definition) is 5. The van der Waals surface area contributed by atoms with E-state index in [2.05, 4.69) is 32.5 Å². The Morgan fingerprint density at radius 1 is 1.14 bits per heavy atom. The summed E-state index contributed by atoms with van der Waals surface area (Å²) in [4.78, 5) is 13.0. The Morgan fingerprint density at radius 2 is 2.05 bits per heavy atom. The first kappa shape index (κ1) is 15.2. The van der Waals surface area contributed by atoms with Gasteiger partial charge in [0.25, 0.3) is 0 Å². The van der Waals surface area contributed by atoms with Crippen LogP contribution in [-0.2, 0) is 6.54 Å². The fourth-order valence-electron chi connectivity index (χ4n) is 2.01. The van der Waals surface area contributed by atoms with Crippen molar-refractivity contribution in [2.24, 2.45) is 0 Å². The Kier molecular flexibility index (Phi) is 5.94. The molecule has 0 amide bonds. The molecule has 21 heavy (non-hydrogen) atoms. The number of unbranched alkanes of at least 4 members (excludes halogenated alkanes) is 2. The Labute approximate surface area is 126 Å². The molecule has 0 aromatic carbocycles. The van der Waals surface area contributed by atoms with E-state index in [-0.39, 0.29) is 0 Å². The van der Waals surface area contributed by atoms with Crippen LogP contribution in [-0.4, -0.2) is 21.5 Å². The summed E-state index contributed by atoms with van der Waals surface area (Å²) in [7, 11) is 0. The molecule has 0 radical (unpaired) electrons. The number of aryl methyl sites for hydroxylation is 1. The van der Waals surface area contributed by atoms with Crippen molar-refractivity contribution >= 4 is 11.8 Å². The van der Waals surface area contributed by atoms with Crippen molar-refractivity contribution in [1.82, 2.24) is 15.0 Å². The zero-order valence-electron chi connectivity index (χ0n) is 12.8. The molecule has 0 saturated carbocycles. The van der Waals surface area contributed by atoms with Gasteiger partial charge in [-0.2, -0.15) is 4.98 Å². The third-order valence-electron chi connectivity index (χ3n) is 3.11. The lowest BCUT2D eigenvalue weighted by Gasteiger charge is -2.09. The molecule has 2 aromatic heterocycles. The van der Waals surface area contributed by atoms with Crippen molar-refractivity contribution in [2.75, 3.05) is 17.2 Å². The van der Waals surface area contributed by atoms with Gasteiger partial charge in [0, 0.05) is 37.2 Å². The van der Waals surface area contributed by atoms with Crippen LogP contribution in [0.4, 0.5) is 11.8 Å². The SMILES string of the molecule is CCCCCNc1cc(C)nc(NCc2cccnc2)n1. The van der Waals surface area contributed by atoms with Gasteiger partial charge in [-0.3, -0.25) is 4.98 Å². The Bertz CT molecular complexity index is 542. The zero-order chi connectivity index (χ0) is 14.9. The second kappa shape index (κ2) is 8.19. The largest absolute Gasteiger partial charge is 0.370 e. The first-order valence-corrected chi connectivity index (χ1v) is 7.50. The highest BCUT2D eigenvalue weighted by atomic mass is 15.1. The van der Waals surface area contributed by atoms with Crippen LogP contribution < -0.4 is 10.6 Å². The predicted octanol–water partition coefficient (Wildman–Crippen LogP) is 3.39. The van der Waals surface area contributed by atoms with Gasteiger partial charge in [0.2, 0.25) is 5.95 Å². The number of rotatable bonds is 8. The summed E-state index contributed by atoms with van der Waals surface area (Å²) in [5, 5.41) is 6.60. The molecule has 0 aliphatic carbocycles. The molecule has 0 saturated heterocycles. The number of anilines is 2. The molecule has 0 spiro atoms. The molecule has 0 atom stereocenters. The van der Waals surface area contributed by atoms with E-state index in [1.807, 2.05) is 31.3 Å². The van der Waals surface area contributed by atoms with E-state index in [4.69, 9.17) is 0 Å².